The molecule has 1 unspecified atom stereocenters. The molecule has 17 heavy (non-hydrogen) atoms. The van der Waals surface area contributed by atoms with Gasteiger partial charge in [-0.2, -0.15) is 0 Å². The van der Waals surface area contributed by atoms with E-state index in [9.17, 15) is 0 Å². The topological polar surface area (TPSA) is 41.3 Å². The van der Waals surface area contributed by atoms with E-state index in [2.05, 4.69) is 38.0 Å². The van der Waals surface area contributed by atoms with Gasteiger partial charge in [-0.3, -0.25) is 0 Å². The second-order valence-corrected chi connectivity index (χ2v) is 6.54. The average molecular weight is 241 g/mol. The minimum absolute atomic E-state index is 0.412. The fraction of sp³-hybridized carbons (Fsp3) is 1.00. The maximum Gasteiger partial charge on any atom is 0.000531 e. The van der Waals surface area contributed by atoms with Gasteiger partial charge in [0, 0.05) is 6.54 Å². The molecular weight excluding hydrogens is 210 g/mol. The van der Waals surface area contributed by atoms with Gasteiger partial charge in [0.25, 0.3) is 0 Å². The molecule has 102 valence electrons. The molecule has 1 heterocycles. The molecule has 0 aliphatic carbocycles. The van der Waals surface area contributed by atoms with Crippen LogP contribution in [0.25, 0.3) is 0 Å². The quantitative estimate of drug-likeness (QED) is 0.741. The number of nitrogens with two attached hydrogens (primary N) is 1. The summed E-state index contributed by atoms with van der Waals surface area (Å²) in [5.74, 6) is 1.45. The van der Waals surface area contributed by atoms with E-state index >= 15 is 0 Å². The third-order valence-corrected chi connectivity index (χ3v) is 4.30. The molecule has 3 N–H and O–H groups in total. The largest absolute Gasteiger partial charge is 0.330 e. The third kappa shape index (κ3) is 4.94. The monoisotopic (exact) mass is 241 g/mol. The first-order valence-corrected chi connectivity index (χ1v) is 7.05. The first-order chi connectivity index (χ1) is 7.95. The van der Waals surface area contributed by atoms with Crippen molar-refractivity contribution in [2.45, 2.75) is 33.6 Å². The van der Waals surface area contributed by atoms with Crippen molar-refractivity contribution in [2.24, 2.45) is 23.0 Å². The highest BCUT2D eigenvalue weighted by Gasteiger charge is 2.31. The Bertz CT molecular complexity index is 208. The van der Waals surface area contributed by atoms with Crippen LogP contribution in [0.1, 0.15) is 33.6 Å². The Morgan fingerprint density at radius 2 is 1.94 bits per heavy atom. The molecule has 0 saturated carbocycles. The zero-order valence-electron chi connectivity index (χ0n) is 12.1. The number of hydrogen-bond donors (Lipinski definition) is 2. The van der Waals surface area contributed by atoms with Gasteiger partial charge in [-0.1, -0.05) is 20.8 Å². The van der Waals surface area contributed by atoms with Gasteiger partial charge in [-0.05, 0) is 63.3 Å². The molecule has 0 amide bonds. The summed E-state index contributed by atoms with van der Waals surface area (Å²) >= 11 is 0. The van der Waals surface area contributed by atoms with Crippen LogP contribution in [0.2, 0.25) is 0 Å². The zero-order valence-corrected chi connectivity index (χ0v) is 12.1. The number of hydrogen-bond acceptors (Lipinski definition) is 3. The first-order valence-electron chi connectivity index (χ1n) is 7.05. The number of nitrogens with one attached hydrogen (secondary N) is 1. The second-order valence-electron chi connectivity index (χ2n) is 6.54. The van der Waals surface area contributed by atoms with E-state index in [1.54, 1.807) is 0 Å². The van der Waals surface area contributed by atoms with Gasteiger partial charge < -0.3 is 16.0 Å². The Hall–Kier alpha value is -0.120. The fourth-order valence-electron chi connectivity index (χ4n) is 2.66. The Balaban J connectivity index is 2.29. The predicted octanol–water partition coefficient (Wildman–Crippen LogP) is 1.54. The number of likely N-dealkylation sites (tertiary alicyclic amines) is 1. The number of piperidine rings is 1. The smallest absolute Gasteiger partial charge is 0.000531 e. The molecule has 0 bridgehead atoms. The third-order valence-electron chi connectivity index (χ3n) is 4.30. The average Bonchev–Trinajstić information content (AvgIpc) is 2.29. The van der Waals surface area contributed by atoms with Crippen molar-refractivity contribution in [3.63, 3.8) is 0 Å². The van der Waals surface area contributed by atoms with Crippen LogP contribution >= 0.6 is 0 Å². The van der Waals surface area contributed by atoms with Gasteiger partial charge in [0.2, 0.25) is 0 Å². The molecule has 0 aromatic heterocycles. The van der Waals surface area contributed by atoms with E-state index in [4.69, 9.17) is 5.73 Å². The number of nitrogens with zero attached hydrogens (tertiary/aromatic N) is 1. The van der Waals surface area contributed by atoms with Crippen LogP contribution in [0.5, 0.6) is 0 Å². The molecule has 0 spiro atoms. The Kier molecular flexibility index (Phi) is 5.90. The van der Waals surface area contributed by atoms with E-state index in [-0.39, 0.29) is 0 Å². The van der Waals surface area contributed by atoms with Crippen molar-refractivity contribution in [1.82, 2.24) is 10.2 Å². The normalized spacial score (nSPS) is 21.7. The standard InChI is InChI=1S/C14H31N3/c1-12(9-15)10-16-11-14(2,3)13-5-7-17(4)8-6-13/h12-13,16H,5-11,15H2,1-4H3. The van der Waals surface area contributed by atoms with Gasteiger partial charge in [0.15, 0.2) is 0 Å². The van der Waals surface area contributed by atoms with Gasteiger partial charge in [0.05, 0.1) is 0 Å². The highest BCUT2D eigenvalue weighted by atomic mass is 15.1. The Morgan fingerprint density at radius 1 is 1.35 bits per heavy atom. The maximum absolute atomic E-state index is 5.63. The van der Waals surface area contributed by atoms with E-state index < -0.39 is 0 Å². The van der Waals surface area contributed by atoms with E-state index in [1.807, 2.05) is 0 Å². The minimum atomic E-state index is 0.412. The molecule has 1 aliphatic rings. The van der Waals surface area contributed by atoms with Crippen LogP contribution in [0, 0.1) is 17.3 Å². The molecule has 1 fully saturated rings. The van der Waals surface area contributed by atoms with E-state index in [1.165, 1.54) is 25.9 Å². The molecule has 1 aliphatic heterocycles. The zero-order chi connectivity index (χ0) is 12.9. The van der Waals surface area contributed by atoms with Crippen LogP contribution in [-0.2, 0) is 0 Å². The maximum atomic E-state index is 5.63. The first kappa shape index (κ1) is 14.9. The minimum Gasteiger partial charge on any atom is -0.330 e. The summed E-state index contributed by atoms with van der Waals surface area (Å²) in [4.78, 5) is 2.44. The van der Waals surface area contributed by atoms with Crippen LogP contribution in [0.15, 0.2) is 0 Å². The molecule has 0 aromatic carbocycles. The molecule has 0 radical (unpaired) electrons. The molecule has 0 aromatic rings. The molecule has 1 rings (SSSR count). The Morgan fingerprint density at radius 3 is 2.47 bits per heavy atom. The lowest BCUT2D eigenvalue weighted by molar-refractivity contribution is 0.112. The van der Waals surface area contributed by atoms with Gasteiger partial charge in [0.1, 0.15) is 0 Å². The van der Waals surface area contributed by atoms with Crippen molar-refractivity contribution >= 4 is 0 Å². The SMILES string of the molecule is CC(CN)CNCC(C)(C)C1CCN(C)CC1. The van der Waals surface area contributed by atoms with E-state index in [0.29, 0.717) is 11.3 Å². The molecule has 1 saturated heterocycles. The number of rotatable bonds is 6. The summed E-state index contributed by atoms with van der Waals surface area (Å²) in [6, 6.07) is 0. The fourth-order valence-corrected chi connectivity index (χ4v) is 2.66. The van der Waals surface area contributed by atoms with Crippen LogP contribution in [-0.4, -0.2) is 44.7 Å². The lowest BCUT2D eigenvalue weighted by atomic mass is 9.73. The summed E-state index contributed by atoms with van der Waals surface area (Å²) in [7, 11) is 2.23. The lowest BCUT2D eigenvalue weighted by Crippen LogP contribution is -2.42. The van der Waals surface area contributed by atoms with Gasteiger partial charge in [-0.15, -0.1) is 0 Å². The van der Waals surface area contributed by atoms with Crippen molar-refractivity contribution in [2.75, 3.05) is 39.8 Å². The van der Waals surface area contributed by atoms with Crippen LogP contribution in [0.3, 0.4) is 0 Å². The van der Waals surface area contributed by atoms with Crippen molar-refractivity contribution < 1.29 is 0 Å². The summed E-state index contributed by atoms with van der Waals surface area (Å²) in [6.07, 6.45) is 2.69. The van der Waals surface area contributed by atoms with Crippen molar-refractivity contribution in [3.8, 4) is 0 Å². The predicted molar refractivity (Wildman–Crippen MR) is 75.1 cm³/mol. The van der Waals surface area contributed by atoms with Crippen molar-refractivity contribution in [1.29, 1.82) is 0 Å². The van der Waals surface area contributed by atoms with Gasteiger partial charge >= 0.3 is 0 Å². The summed E-state index contributed by atoms with van der Waals surface area (Å²) in [6.45, 7) is 12.5. The lowest BCUT2D eigenvalue weighted by Gasteiger charge is -2.40. The molecule has 1 atom stereocenters. The van der Waals surface area contributed by atoms with Gasteiger partial charge in [-0.25, -0.2) is 0 Å². The highest BCUT2D eigenvalue weighted by molar-refractivity contribution is 4.84. The van der Waals surface area contributed by atoms with E-state index in [0.717, 1.165) is 25.6 Å². The molecular formula is C14H31N3. The van der Waals surface area contributed by atoms with Crippen molar-refractivity contribution in [3.05, 3.63) is 0 Å². The summed E-state index contributed by atoms with van der Waals surface area (Å²) < 4.78 is 0. The van der Waals surface area contributed by atoms with Crippen LogP contribution < -0.4 is 11.1 Å². The Labute approximate surface area is 107 Å². The van der Waals surface area contributed by atoms with Crippen LogP contribution in [0.4, 0.5) is 0 Å². The molecule has 3 heteroatoms. The summed E-state index contributed by atoms with van der Waals surface area (Å²) in [5.41, 5.74) is 6.05. The second kappa shape index (κ2) is 6.72. The molecule has 3 nitrogen and oxygen atoms in total. The summed E-state index contributed by atoms with van der Waals surface area (Å²) in [5, 5.41) is 3.59. The highest BCUT2D eigenvalue weighted by Crippen LogP contribution is 2.34.